The number of halogens is 1. The fourth-order valence-corrected chi connectivity index (χ4v) is 1.74. The number of carbonyl (C=O) groups excluding carboxylic acids is 1. The van der Waals surface area contributed by atoms with Crippen LogP contribution in [0, 0.1) is 5.82 Å². The molecule has 2 amide bonds. The Morgan fingerprint density at radius 3 is 2.70 bits per heavy atom. The zero-order chi connectivity index (χ0) is 15.0. The lowest BCUT2D eigenvalue weighted by molar-refractivity contribution is 0.0490. The highest BCUT2D eigenvalue weighted by molar-refractivity contribution is 5.73. The second-order valence-electron chi connectivity index (χ2n) is 4.60. The van der Waals surface area contributed by atoms with E-state index in [4.69, 9.17) is 4.74 Å². The van der Waals surface area contributed by atoms with Gasteiger partial charge in [-0.3, -0.25) is 0 Å². The highest BCUT2D eigenvalue weighted by atomic mass is 19.1. The van der Waals surface area contributed by atoms with E-state index in [9.17, 15) is 14.3 Å². The van der Waals surface area contributed by atoms with E-state index in [0.717, 1.165) is 5.56 Å². The standard InChI is InChI=1S/C14H21FN2O3/c1-17(9-13(18)10-20-2)14(19)16-8-7-11-3-5-12(15)6-4-11/h3-6,13,18H,7-10H2,1-2H3,(H,16,19)/t13-/m0/s1. The minimum atomic E-state index is -0.701. The molecule has 0 aromatic heterocycles. The van der Waals surface area contributed by atoms with E-state index in [2.05, 4.69) is 5.32 Å². The van der Waals surface area contributed by atoms with Crippen molar-refractivity contribution in [1.29, 1.82) is 0 Å². The van der Waals surface area contributed by atoms with Crippen LogP contribution in [0.3, 0.4) is 0 Å². The van der Waals surface area contributed by atoms with Crippen molar-refractivity contribution in [2.24, 2.45) is 0 Å². The van der Waals surface area contributed by atoms with Gasteiger partial charge in [0, 0.05) is 20.7 Å². The number of rotatable bonds is 7. The topological polar surface area (TPSA) is 61.8 Å². The molecule has 0 aliphatic heterocycles. The quantitative estimate of drug-likeness (QED) is 0.786. The van der Waals surface area contributed by atoms with Crippen LogP contribution in [0.25, 0.3) is 0 Å². The maximum Gasteiger partial charge on any atom is 0.317 e. The Morgan fingerprint density at radius 1 is 1.45 bits per heavy atom. The molecule has 0 aliphatic rings. The molecule has 20 heavy (non-hydrogen) atoms. The van der Waals surface area contributed by atoms with E-state index in [1.54, 1.807) is 19.2 Å². The number of benzene rings is 1. The number of aliphatic hydroxyl groups is 1. The first kappa shape index (κ1) is 16.4. The SMILES string of the molecule is COC[C@@H](O)CN(C)C(=O)NCCc1ccc(F)cc1. The maximum absolute atomic E-state index is 12.7. The molecule has 0 spiro atoms. The summed E-state index contributed by atoms with van der Waals surface area (Å²) in [5.41, 5.74) is 0.953. The third-order valence-corrected chi connectivity index (χ3v) is 2.79. The number of carbonyl (C=O) groups is 1. The predicted octanol–water partition coefficient (Wildman–Crippen LogP) is 1.02. The number of hydrogen-bond donors (Lipinski definition) is 2. The molecule has 0 saturated heterocycles. The van der Waals surface area contributed by atoms with Crippen LogP contribution in [0.15, 0.2) is 24.3 Å². The molecular formula is C14H21FN2O3. The van der Waals surface area contributed by atoms with Crippen LogP contribution in [-0.4, -0.2) is 56.0 Å². The number of aliphatic hydroxyl groups excluding tert-OH is 1. The summed E-state index contributed by atoms with van der Waals surface area (Å²) >= 11 is 0. The predicted molar refractivity (Wildman–Crippen MR) is 74.0 cm³/mol. The number of amides is 2. The molecule has 112 valence electrons. The van der Waals surface area contributed by atoms with Crippen molar-refractivity contribution in [1.82, 2.24) is 10.2 Å². The number of methoxy groups -OCH3 is 1. The summed E-state index contributed by atoms with van der Waals surface area (Å²) in [6.45, 7) is 0.846. The highest BCUT2D eigenvalue weighted by Gasteiger charge is 2.12. The Balaban J connectivity index is 2.26. The maximum atomic E-state index is 12.7. The summed E-state index contributed by atoms with van der Waals surface area (Å²) in [6.07, 6.45) is -0.0756. The fraction of sp³-hybridized carbons (Fsp3) is 0.500. The summed E-state index contributed by atoms with van der Waals surface area (Å²) in [5, 5.41) is 12.3. The van der Waals surface area contributed by atoms with Gasteiger partial charge in [0.15, 0.2) is 0 Å². The lowest BCUT2D eigenvalue weighted by Crippen LogP contribution is -2.42. The molecule has 0 radical (unpaired) electrons. The molecule has 1 aromatic rings. The van der Waals surface area contributed by atoms with Gasteiger partial charge in [0.2, 0.25) is 0 Å². The first-order chi connectivity index (χ1) is 9.52. The van der Waals surface area contributed by atoms with Crippen molar-refractivity contribution in [3.05, 3.63) is 35.6 Å². The molecule has 1 rings (SSSR count). The normalized spacial score (nSPS) is 12.0. The van der Waals surface area contributed by atoms with Gasteiger partial charge in [0.05, 0.1) is 19.3 Å². The monoisotopic (exact) mass is 284 g/mol. The molecule has 1 aromatic carbocycles. The van der Waals surface area contributed by atoms with Crippen molar-refractivity contribution in [2.45, 2.75) is 12.5 Å². The Hall–Kier alpha value is -1.66. The van der Waals surface area contributed by atoms with E-state index in [1.807, 2.05) is 0 Å². The number of urea groups is 1. The number of nitrogens with zero attached hydrogens (tertiary/aromatic N) is 1. The molecule has 0 saturated carbocycles. The van der Waals surface area contributed by atoms with E-state index >= 15 is 0 Å². The van der Waals surface area contributed by atoms with Crippen molar-refractivity contribution in [3.8, 4) is 0 Å². The zero-order valence-electron chi connectivity index (χ0n) is 11.8. The smallest absolute Gasteiger partial charge is 0.317 e. The van der Waals surface area contributed by atoms with Gasteiger partial charge in [-0.15, -0.1) is 0 Å². The second kappa shape index (κ2) is 8.50. The van der Waals surface area contributed by atoms with Crippen LogP contribution in [-0.2, 0) is 11.2 Å². The van der Waals surface area contributed by atoms with Crippen LogP contribution in [0.5, 0.6) is 0 Å². The Labute approximate surface area is 118 Å². The van der Waals surface area contributed by atoms with Crippen LogP contribution < -0.4 is 5.32 Å². The van der Waals surface area contributed by atoms with Crippen molar-refractivity contribution in [3.63, 3.8) is 0 Å². The molecule has 1 atom stereocenters. The van der Waals surface area contributed by atoms with Crippen LogP contribution >= 0.6 is 0 Å². The van der Waals surface area contributed by atoms with Gasteiger partial charge < -0.3 is 20.1 Å². The van der Waals surface area contributed by atoms with Crippen molar-refractivity contribution < 1.29 is 19.0 Å². The summed E-state index contributed by atoms with van der Waals surface area (Å²) in [6, 6.07) is 5.90. The van der Waals surface area contributed by atoms with E-state index in [0.29, 0.717) is 13.0 Å². The summed E-state index contributed by atoms with van der Waals surface area (Å²) in [5.74, 6) is -0.273. The second-order valence-corrected chi connectivity index (χ2v) is 4.60. The lowest BCUT2D eigenvalue weighted by Gasteiger charge is -2.20. The zero-order valence-corrected chi connectivity index (χ0v) is 11.8. The molecule has 6 heteroatoms. The van der Waals surface area contributed by atoms with Crippen LogP contribution in [0.2, 0.25) is 0 Å². The van der Waals surface area contributed by atoms with Crippen LogP contribution in [0.4, 0.5) is 9.18 Å². The van der Waals surface area contributed by atoms with Gasteiger partial charge in [-0.25, -0.2) is 9.18 Å². The van der Waals surface area contributed by atoms with E-state index in [1.165, 1.54) is 24.1 Å². The number of ether oxygens (including phenoxy) is 1. The number of likely N-dealkylation sites (N-methyl/N-ethyl adjacent to an activating group) is 1. The summed E-state index contributed by atoms with van der Waals surface area (Å²) in [7, 11) is 3.10. The molecule has 0 fully saturated rings. The van der Waals surface area contributed by atoms with E-state index in [-0.39, 0.29) is 25.0 Å². The minimum Gasteiger partial charge on any atom is -0.389 e. The van der Waals surface area contributed by atoms with Gasteiger partial charge >= 0.3 is 6.03 Å². The third-order valence-electron chi connectivity index (χ3n) is 2.79. The van der Waals surface area contributed by atoms with Crippen molar-refractivity contribution >= 4 is 6.03 Å². The molecule has 5 nitrogen and oxygen atoms in total. The molecule has 0 unspecified atom stereocenters. The van der Waals surface area contributed by atoms with Gasteiger partial charge in [0.25, 0.3) is 0 Å². The Kier molecular flexibility index (Phi) is 6.97. The molecule has 0 heterocycles. The first-order valence-corrected chi connectivity index (χ1v) is 6.43. The van der Waals surface area contributed by atoms with Gasteiger partial charge in [-0.1, -0.05) is 12.1 Å². The average Bonchev–Trinajstić information content (AvgIpc) is 2.41. The minimum absolute atomic E-state index is 0.188. The fourth-order valence-electron chi connectivity index (χ4n) is 1.74. The summed E-state index contributed by atoms with van der Waals surface area (Å²) < 4.78 is 17.5. The number of nitrogens with one attached hydrogen (secondary N) is 1. The summed E-state index contributed by atoms with van der Waals surface area (Å²) in [4.78, 5) is 13.1. The molecular weight excluding hydrogens is 263 g/mol. The third kappa shape index (κ3) is 5.99. The molecule has 2 N–H and O–H groups in total. The number of hydrogen-bond acceptors (Lipinski definition) is 3. The molecule has 0 aliphatic carbocycles. The largest absolute Gasteiger partial charge is 0.389 e. The van der Waals surface area contributed by atoms with Crippen molar-refractivity contribution in [2.75, 3.05) is 33.9 Å². The highest BCUT2D eigenvalue weighted by Crippen LogP contribution is 2.02. The first-order valence-electron chi connectivity index (χ1n) is 6.43. The molecule has 0 bridgehead atoms. The lowest BCUT2D eigenvalue weighted by atomic mass is 10.1. The Morgan fingerprint density at radius 2 is 2.10 bits per heavy atom. The van der Waals surface area contributed by atoms with Gasteiger partial charge in [-0.05, 0) is 24.1 Å². The van der Waals surface area contributed by atoms with Crippen LogP contribution in [0.1, 0.15) is 5.56 Å². The van der Waals surface area contributed by atoms with E-state index < -0.39 is 6.10 Å². The van der Waals surface area contributed by atoms with Gasteiger partial charge in [0.1, 0.15) is 5.82 Å². The Bertz CT molecular complexity index is 411. The van der Waals surface area contributed by atoms with Gasteiger partial charge in [-0.2, -0.15) is 0 Å². The average molecular weight is 284 g/mol.